The molecule has 0 spiro atoms. The van der Waals surface area contributed by atoms with E-state index in [1.54, 1.807) is 14.2 Å². The molecule has 0 aliphatic carbocycles. The van der Waals surface area contributed by atoms with Crippen LogP contribution in [0.5, 0.6) is 11.5 Å². The molecule has 1 aromatic carbocycles. The minimum atomic E-state index is -0.739. The van der Waals surface area contributed by atoms with Crippen molar-refractivity contribution in [3.8, 4) is 11.5 Å². The Morgan fingerprint density at radius 3 is 2.39 bits per heavy atom. The SMILES string of the molecule is COc1cc(C2C[C@H](F)CCN2)cc(OC)c1Br. The molecular weight excluding hydrogens is 301 g/mol. The maximum absolute atomic E-state index is 13.5. The van der Waals surface area contributed by atoms with Gasteiger partial charge in [0.2, 0.25) is 0 Å². The molecule has 2 rings (SSSR count). The summed E-state index contributed by atoms with van der Waals surface area (Å²) in [6.07, 6.45) is 0.340. The third kappa shape index (κ3) is 2.78. The Morgan fingerprint density at radius 2 is 1.89 bits per heavy atom. The molecule has 1 heterocycles. The van der Waals surface area contributed by atoms with E-state index in [1.807, 2.05) is 12.1 Å². The average Bonchev–Trinajstić information content (AvgIpc) is 2.39. The van der Waals surface area contributed by atoms with Gasteiger partial charge in [-0.1, -0.05) is 0 Å². The summed E-state index contributed by atoms with van der Waals surface area (Å²) < 4.78 is 24.8. The molecule has 2 atom stereocenters. The first-order valence-electron chi connectivity index (χ1n) is 5.94. The van der Waals surface area contributed by atoms with Crippen molar-refractivity contribution in [3.63, 3.8) is 0 Å². The molecule has 1 fully saturated rings. The minimum absolute atomic E-state index is 0.0182. The van der Waals surface area contributed by atoms with Crippen LogP contribution >= 0.6 is 15.9 Å². The predicted octanol–water partition coefficient (Wildman–Crippen LogP) is 3.23. The van der Waals surface area contributed by atoms with Crippen molar-refractivity contribution in [2.45, 2.75) is 25.1 Å². The number of halogens is 2. The Labute approximate surface area is 115 Å². The van der Waals surface area contributed by atoms with Crippen molar-refractivity contribution >= 4 is 15.9 Å². The smallest absolute Gasteiger partial charge is 0.137 e. The summed E-state index contributed by atoms with van der Waals surface area (Å²) in [5.74, 6) is 1.40. The molecule has 0 saturated carbocycles. The van der Waals surface area contributed by atoms with Crippen LogP contribution in [0.1, 0.15) is 24.4 Å². The lowest BCUT2D eigenvalue weighted by atomic mass is 9.96. The molecule has 18 heavy (non-hydrogen) atoms. The summed E-state index contributed by atoms with van der Waals surface area (Å²) in [5.41, 5.74) is 0.995. The normalized spacial score (nSPS) is 23.8. The zero-order chi connectivity index (χ0) is 13.1. The van der Waals surface area contributed by atoms with Crippen molar-refractivity contribution in [1.82, 2.24) is 5.32 Å². The zero-order valence-electron chi connectivity index (χ0n) is 10.5. The standard InChI is InChI=1S/C13H17BrFNO2/c1-17-11-5-8(6-12(18-2)13(11)14)10-7-9(15)3-4-16-10/h5-6,9-10,16H,3-4,7H2,1-2H3/t9-,10?/m1/s1. The summed E-state index contributed by atoms with van der Waals surface area (Å²) in [6, 6.07) is 3.86. The zero-order valence-corrected chi connectivity index (χ0v) is 12.1. The van der Waals surface area contributed by atoms with Gasteiger partial charge < -0.3 is 14.8 Å². The molecule has 1 aliphatic heterocycles. The Hall–Kier alpha value is -0.810. The van der Waals surface area contributed by atoms with Crippen LogP contribution in [0.25, 0.3) is 0 Å². The first-order valence-corrected chi connectivity index (χ1v) is 6.74. The minimum Gasteiger partial charge on any atom is -0.495 e. The van der Waals surface area contributed by atoms with E-state index in [4.69, 9.17) is 9.47 Å². The Morgan fingerprint density at radius 1 is 1.28 bits per heavy atom. The van der Waals surface area contributed by atoms with Gasteiger partial charge >= 0.3 is 0 Å². The summed E-state index contributed by atoms with van der Waals surface area (Å²) in [4.78, 5) is 0. The number of nitrogens with one attached hydrogen (secondary N) is 1. The van der Waals surface area contributed by atoms with Crippen molar-refractivity contribution in [3.05, 3.63) is 22.2 Å². The summed E-state index contributed by atoms with van der Waals surface area (Å²) in [7, 11) is 3.21. The number of benzene rings is 1. The lowest BCUT2D eigenvalue weighted by molar-refractivity contribution is 0.223. The van der Waals surface area contributed by atoms with E-state index in [-0.39, 0.29) is 6.04 Å². The lowest BCUT2D eigenvalue weighted by Gasteiger charge is -2.27. The highest BCUT2D eigenvalue weighted by Gasteiger charge is 2.24. The third-order valence-corrected chi connectivity index (χ3v) is 3.99. The molecule has 0 bridgehead atoms. The number of piperidine rings is 1. The highest BCUT2D eigenvalue weighted by atomic mass is 79.9. The van der Waals surface area contributed by atoms with Crippen LogP contribution in [0.2, 0.25) is 0 Å². The highest BCUT2D eigenvalue weighted by molar-refractivity contribution is 9.10. The number of ether oxygens (including phenoxy) is 2. The van der Waals surface area contributed by atoms with Gasteiger partial charge in [-0.05, 0) is 53.0 Å². The molecule has 0 aromatic heterocycles. The number of hydrogen-bond donors (Lipinski definition) is 1. The van der Waals surface area contributed by atoms with Crippen molar-refractivity contribution < 1.29 is 13.9 Å². The van der Waals surface area contributed by atoms with Crippen LogP contribution in [-0.2, 0) is 0 Å². The second-order valence-electron chi connectivity index (χ2n) is 4.37. The topological polar surface area (TPSA) is 30.5 Å². The fourth-order valence-electron chi connectivity index (χ4n) is 2.22. The van der Waals surface area contributed by atoms with Crippen LogP contribution in [0.15, 0.2) is 16.6 Å². The number of methoxy groups -OCH3 is 2. The molecule has 5 heteroatoms. The molecule has 3 nitrogen and oxygen atoms in total. The van der Waals surface area contributed by atoms with Gasteiger partial charge in [0.1, 0.15) is 22.1 Å². The maximum atomic E-state index is 13.5. The summed E-state index contributed by atoms with van der Waals surface area (Å²) in [6.45, 7) is 0.701. The third-order valence-electron chi connectivity index (χ3n) is 3.21. The molecule has 1 aliphatic rings. The lowest BCUT2D eigenvalue weighted by Crippen LogP contribution is -2.32. The molecule has 1 saturated heterocycles. The van der Waals surface area contributed by atoms with Gasteiger partial charge in [0.15, 0.2) is 0 Å². The summed E-state index contributed by atoms with van der Waals surface area (Å²) >= 11 is 3.43. The number of hydrogen-bond acceptors (Lipinski definition) is 3. The molecule has 1 N–H and O–H groups in total. The first-order chi connectivity index (χ1) is 8.65. The molecule has 0 amide bonds. The van der Waals surface area contributed by atoms with Crippen molar-refractivity contribution in [2.24, 2.45) is 0 Å². The maximum Gasteiger partial charge on any atom is 0.137 e. The molecular formula is C13H17BrFNO2. The van der Waals surface area contributed by atoms with E-state index < -0.39 is 6.17 Å². The summed E-state index contributed by atoms with van der Waals surface area (Å²) in [5, 5.41) is 3.32. The van der Waals surface area contributed by atoms with Gasteiger partial charge in [-0.3, -0.25) is 0 Å². The van der Waals surface area contributed by atoms with Gasteiger partial charge in [-0.2, -0.15) is 0 Å². The predicted molar refractivity (Wildman–Crippen MR) is 72.1 cm³/mol. The van der Waals surface area contributed by atoms with E-state index in [0.29, 0.717) is 30.9 Å². The average molecular weight is 318 g/mol. The van der Waals surface area contributed by atoms with E-state index >= 15 is 0 Å². The quantitative estimate of drug-likeness (QED) is 0.928. The molecule has 1 aromatic rings. The van der Waals surface area contributed by atoms with Crippen molar-refractivity contribution in [1.29, 1.82) is 0 Å². The second kappa shape index (κ2) is 5.89. The number of rotatable bonds is 3. The Balaban J connectivity index is 2.32. The van der Waals surface area contributed by atoms with E-state index in [0.717, 1.165) is 10.0 Å². The van der Waals surface area contributed by atoms with Gasteiger partial charge in [-0.15, -0.1) is 0 Å². The fraction of sp³-hybridized carbons (Fsp3) is 0.538. The molecule has 100 valence electrons. The first kappa shape index (κ1) is 13.6. The largest absolute Gasteiger partial charge is 0.495 e. The molecule has 1 unspecified atom stereocenters. The van der Waals surface area contributed by atoms with Gasteiger partial charge in [0.25, 0.3) is 0 Å². The van der Waals surface area contributed by atoms with Gasteiger partial charge in [-0.25, -0.2) is 4.39 Å². The van der Waals surface area contributed by atoms with E-state index in [2.05, 4.69) is 21.2 Å². The Bertz CT molecular complexity index is 402. The van der Waals surface area contributed by atoms with Crippen molar-refractivity contribution in [2.75, 3.05) is 20.8 Å². The van der Waals surface area contributed by atoms with Crippen LogP contribution in [0, 0.1) is 0 Å². The van der Waals surface area contributed by atoms with Crippen LogP contribution in [-0.4, -0.2) is 26.9 Å². The van der Waals surface area contributed by atoms with E-state index in [1.165, 1.54) is 0 Å². The van der Waals surface area contributed by atoms with Gasteiger partial charge in [0.05, 0.1) is 14.2 Å². The van der Waals surface area contributed by atoms with Crippen LogP contribution < -0.4 is 14.8 Å². The second-order valence-corrected chi connectivity index (χ2v) is 5.16. The number of alkyl halides is 1. The fourth-order valence-corrected chi connectivity index (χ4v) is 2.77. The van der Waals surface area contributed by atoms with E-state index in [9.17, 15) is 4.39 Å². The highest BCUT2D eigenvalue weighted by Crippen LogP contribution is 2.38. The Kier molecular flexibility index (Phi) is 4.45. The molecule has 0 radical (unpaired) electrons. The van der Waals surface area contributed by atoms with Crippen LogP contribution in [0.3, 0.4) is 0 Å². The monoisotopic (exact) mass is 317 g/mol. The van der Waals surface area contributed by atoms with Crippen LogP contribution in [0.4, 0.5) is 4.39 Å². The van der Waals surface area contributed by atoms with Gasteiger partial charge in [0, 0.05) is 6.04 Å².